The summed E-state index contributed by atoms with van der Waals surface area (Å²) < 4.78 is 162. The molecular formula is C69H58F9N15O12S. The van der Waals surface area contributed by atoms with E-state index in [4.69, 9.17) is 23.7 Å². The lowest BCUT2D eigenvalue weighted by molar-refractivity contribution is -0.137. The topological polar surface area (TPSA) is 344 Å². The number of pyridine rings is 2. The third-order valence-electron chi connectivity index (χ3n) is 15.7. The molecule has 0 saturated carbocycles. The normalized spacial score (nSPS) is 12.8. The molecule has 27 nitrogen and oxygen atoms in total. The second kappa shape index (κ2) is 30.0. The van der Waals surface area contributed by atoms with Crippen molar-refractivity contribution in [3.8, 4) is 62.7 Å². The third kappa shape index (κ3) is 16.2. The predicted molar refractivity (Wildman–Crippen MR) is 361 cm³/mol. The SMILES string of the molecule is Cc1cc(NC(=O)c2c(C)nc3c(OCC(O)COc4ccnc(NC(=O)c5c(C)nc6c(OCC(O)CO)cc(-c7ccccc7C(F)(F)F)nn56)c4)cc(-c4ccccc4C(F)(F)F)nn23)cc(OCC(O)COc2cc(-c3ccccc3C(F)(F)F)nn3c(C(=O)Nc4ncc(C)s4)c(C)nc23)n1. The Labute approximate surface area is 595 Å². The van der Waals surface area contributed by atoms with Gasteiger partial charge in [-0.25, -0.2) is 43.5 Å². The summed E-state index contributed by atoms with van der Waals surface area (Å²) in [5, 5.41) is 63.4. The zero-order valence-corrected chi connectivity index (χ0v) is 56.6. The lowest BCUT2D eigenvalue weighted by atomic mass is 10.0. The van der Waals surface area contributed by atoms with Gasteiger partial charge in [-0.1, -0.05) is 54.6 Å². The van der Waals surface area contributed by atoms with Crippen LogP contribution in [0.3, 0.4) is 0 Å². The molecule has 0 bridgehead atoms. The highest BCUT2D eigenvalue weighted by Gasteiger charge is 2.38. The van der Waals surface area contributed by atoms with E-state index in [0.717, 1.165) is 60.9 Å². The monoisotopic (exact) mass is 1490 g/mol. The van der Waals surface area contributed by atoms with Crippen LogP contribution < -0.4 is 39.6 Å². The minimum absolute atomic E-state index is 0.00268. The van der Waals surface area contributed by atoms with E-state index in [0.29, 0.717) is 0 Å². The Morgan fingerprint density at radius 2 is 0.887 bits per heavy atom. The molecule has 12 aromatic rings. The predicted octanol–water partition coefficient (Wildman–Crippen LogP) is 10.8. The van der Waals surface area contributed by atoms with E-state index in [9.17, 15) is 74.3 Å². The lowest BCUT2D eigenvalue weighted by Gasteiger charge is -2.17. The van der Waals surface area contributed by atoms with Crippen molar-refractivity contribution in [1.29, 1.82) is 0 Å². The van der Waals surface area contributed by atoms with Crippen molar-refractivity contribution >= 4 is 62.6 Å². The number of rotatable bonds is 25. The van der Waals surface area contributed by atoms with Crippen LogP contribution in [0.15, 0.2) is 128 Å². The quantitative estimate of drug-likeness (QED) is 0.0261. The number of imidazole rings is 3. The van der Waals surface area contributed by atoms with Crippen LogP contribution in [-0.2, 0) is 18.5 Å². The van der Waals surface area contributed by atoms with Crippen LogP contribution in [0.4, 0.5) is 56.2 Å². The highest BCUT2D eigenvalue weighted by Crippen LogP contribution is 2.42. The van der Waals surface area contributed by atoms with Gasteiger partial charge in [-0.3, -0.25) is 19.7 Å². The first kappa shape index (κ1) is 73.8. The number of aliphatic hydroxyl groups is 4. The number of anilines is 3. The van der Waals surface area contributed by atoms with Gasteiger partial charge in [0.2, 0.25) is 5.88 Å². The Morgan fingerprint density at radius 3 is 1.31 bits per heavy atom. The van der Waals surface area contributed by atoms with Gasteiger partial charge in [0.1, 0.15) is 62.9 Å². The third-order valence-corrected chi connectivity index (χ3v) is 16.5. The van der Waals surface area contributed by atoms with Crippen LogP contribution in [0.2, 0.25) is 0 Å². The maximum Gasteiger partial charge on any atom is 0.417 e. The largest absolute Gasteiger partial charge is 0.491 e. The van der Waals surface area contributed by atoms with Gasteiger partial charge in [0.15, 0.2) is 56.4 Å². The van der Waals surface area contributed by atoms with Crippen LogP contribution >= 0.6 is 11.3 Å². The molecule has 106 heavy (non-hydrogen) atoms. The van der Waals surface area contributed by atoms with Crippen molar-refractivity contribution in [2.24, 2.45) is 0 Å². The zero-order valence-electron chi connectivity index (χ0n) is 55.8. The average molecular weight is 1490 g/mol. The molecule has 550 valence electrons. The first-order valence-electron chi connectivity index (χ1n) is 31.7. The number of nitrogens with zero attached hydrogens (tertiary/aromatic N) is 12. The second-order valence-corrected chi connectivity index (χ2v) is 24.9. The molecule has 0 aliphatic heterocycles. The van der Waals surface area contributed by atoms with E-state index in [1.54, 1.807) is 13.8 Å². The number of alkyl halides is 9. The van der Waals surface area contributed by atoms with E-state index >= 15 is 0 Å². The molecule has 0 aliphatic carbocycles. The van der Waals surface area contributed by atoms with Crippen molar-refractivity contribution < 1.29 is 98.0 Å². The fraction of sp³-hybridized carbons (Fsp3) is 0.246. The van der Waals surface area contributed by atoms with Gasteiger partial charge in [-0.15, -0.1) is 11.3 Å². The maximum atomic E-state index is 14.7. The van der Waals surface area contributed by atoms with Gasteiger partial charge in [-0.05, 0) is 65.0 Å². The molecule has 0 spiro atoms. The van der Waals surface area contributed by atoms with Crippen molar-refractivity contribution in [3.63, 3.8) is 0 Å². The lowest BCUT2D eigenvalue weighted by Crippen LogP contribution is -2.26. The molecule has 0 aliphatic rings. The molecule has 12 rings (SSSR count). The van der Waals surface area contributed by atoms with Gasteiger partial charge in [0.25, 0.3) is 17.7 Å². The molecule has 0 fully saturated rings. The van der Waals surface area contributed by atoms with Crippen LogP contribution in [0.1, 0.15) is 75.8 Å². The highest BCUT2D eigenvalue weighted by atomic mass is 32.1. The number of aliphatic hydroxyl groups excluding tert-OH is 4. The maximum absolute atomic E-state index is 14.7. The van der Waals surface area contributed by atoms with Crippen LogP contribution in [0, 0.1) is 34.6 Å². The molecule has 37 heteroatoms. The number of ether oxygens (including phenoxy) is 5. The molecule has 9 heterocycles. The van der Waals surface area contributed by atoms with E-state index in [-0.39, 0.29) is 131 Å². The minimum atomic E-state index is -4.90. The Kier molecular flexibility index (Phi) is 20.9. The summed E-state index contributed by atoms with van der Waals surface area (Å²) in [6.07, 6.45) is -16.2. The molecule has 0 radical (unpaired) electrons. The van der Waals surface area contributed by atoms with Gasteiger partial charge in [0.05, 0.1) is 57.5 Å². The summed E-state index contributed by atoms with van der Waals surface area (Å²) in [4.78, 5) is 69.1. The van der Waals surface area contributed by atoms with E-state index in [1.807, 2.05) is 0 Å². The van der Waals surface area contributed by atoms with Crippen molar-refractivity contribution in [2.45, 2.75) is 71.5 Å². The number of amides is 3. The van der Waals surface area contributed by atoms with Crippen LogP contribution in [0.25, 0.3) is 50.7 Å². The summed E-state index contributed by atoms with van der Waals surface area (Å²) in [5.41, 5.74) is -5.87. The summed E-state index contributed by atoms with van der Waals surface area (Å²) in [5.74, 6) is -3.38. The van der Waals surface area contributed by atoms with Gasteiger partial charge in [-0.2, -0.15) is 54.8 Å². The Bertz CT molecular complexity index is 5340. The van der Waals surface area contributed by atoms with E-state index in [1.165, 1.54) is 117 Å². The smallest absolute Gasteiger partial charge is 0.417 e. The van der Waals surface area contributed by atoms with Crippen molar-refractivity contribution in [2.75, 3.05) is 55.6 Å². The summed E-state index contributed by atoms with van der Waals surface area (Å²) in [6.45, 7) is 4.20. The van der Waals surface area contributed by atoms with Gasteiger partial charge < -0.3 is 54.7 Å². The number of carbonyl (C=O) groups is 3. The summed E-state index contributed by atoms with van der Waals surface area (Å²) >= 11 is 1.18. The number of carbonyl (C=O) groups excluding carboxylic acids is 3. The number of hydrogen-bond acceptors (Lipinski definition) is 22. The molecule has 3 atom stereocenters. The first-order valence-corrected chi connectivity index (χ1v) is 32.5. The van der Waals surface area contributed by atoms with Gasteiger partial charge >= 0.3 is 18.5 Å². The van der Waals surface area contributed by atoms with Gasteiger partial charge in [0, 0.05) is 75.7 Å². The summed E-state index contributed by atoms with van der Waals surface area (Å²) in [6, 6.07) is 22.5. The zero-order chi connectivity index (χ0) is 75.7. The first-order chi connectivity index (χ1) is 50.4. The van der Waals surface area contributed by atoms with Crippen LogP contribution in [-0.4, -0.2) is 155 Å². The fourth-order valence-electron chi connectivity index (χ4n) is 11.0. The van der Waals surface area contributed by atoms with Crippen LogP contribution in [0.5, 0.6) is 28.9 Å². The number of benzene rings is 3. The molecule has 3 aromatic carbocycles. The number of thiazole rings is 1. The number of aromatic nitrogens is 12. The van der Waals surface area contributed by atoms with E-state index < -0.39 is 116 Å². The molecule has 9 aromatic heterocycles. The Hall–Kier alpha value is -11.9. The second-order valence-electron chi connectivity index (χ2n) is 23.7. The highest BCUT2D eigenvalue weighted by molar-refractivity contribution is 7.15. The molecular weight excluding hydrogens is 1430 g/mol. The standard InChI is InChI=1S/C69H58F9N15O12S/c1-33-20-38(21-56(81-33)105-32-41(97)31-104-54-25-51(45-14-8-11-17-48(45)69(76,77)78)90-93-59(37(5)84-62(54)93)65(100)87-66-80-26-34(2)106-66)85-63(98)57-35(3)82-61-53(24-50(88-91(57)61)44-13-7-10-16-47(44)68(73,74)75)103-30-40(96)29-101-42-18-19-79-55(22-42)86-64(99)58-36(4)83-60-52(102-28-39(95)27-94)23-49(89-92(58)60)43-12-6-9-15-46(43)67(70,71)72/h6-26,39-41,94-97H,27-32H2,1-5H3,(H,79,86,99)(H,80,87,100)(H,81,85,98). The number of nitrogens with one attached hydrogen (secondary N) is 3. The fourth-order valence-corrected chi connectivity index (χ4v) is 11.7. The number of hydrogen-bond donors (Lipinski definition) is 7. The summed E-state index contributed by atoms with van der Waals surface area (Å²) in [7, 11) is 0. The van der Waals surface area contributed by atoms with Crippen molar-refractivity contribution in [1.82, 2.24) is 58.7 Å². The molecule has 7 N–H and O–H groups in total. The Balaban J connectivity index is 0.743. The number of aryl methyl sites for hydroxylation is 5. The van der Waals surface area contributed by atoms with Crippen molar-refractivity contribution in [3.05, 3.63) is 189 Å². The molecule has 3 unspecified atom stereocenters. The number of fused-ring (bicyclic) bond motifs is 3. The molecule has 3 amide bonds. The van der Waals surface area contributed by atoms with E-state index in [2.05, 4.69) is 61.2 Å². The average Bonchev–Trinajstić information content (AvgIpc) is 1.58. The minimum Gasteiger partial charge on any atom is -0.491 e. The number of halogens is 9. The molecule has 0 saturated heterocycles. The Morgan fingerprint density at radius 1 is 0.481 bits per heavy atom.